The van der Waals surface area contributed by atoms with Crippen LogP contribution in [0.25, 0.3) is 21.8 Å². The van der Waals surface area contributed by atoms with Crippen LogP contribution in [-0.2, 0) is 22.6 Å². The summed E-state index contributed by atoms with van der Waals surface area (Å²) >= 11 is 0. The summed E-state index contributed by atoms with van der Waals surface area (Å²) < 4.78 is 5.54. The highest BCUT2D eigenvalue weighted by Gasteiger charge is 2.26. The number of nitrogens with one attached hydrogen (secondary N) is 3. The van der Waals surface area contributed by atoms with E-state index in [1.54, 1.807) is 25.0 Å². The van der Waals surface area contributed by atoms with Crippen molar-refractivity contribution in [2.75, 3.05) is 33.3 Å². The van der Waals surface area contributed by atoms with Crippen LogP contribution >= 0.6 is 0 Å². The number of rotatable bonds is 11. The maximum atomic E-state index is 13.5. The van der Waals surface area contributed by atoms with Crippen molar-refractivity contribution in [3.8, 4) is 11.5 Å². The number of aromatic nitrogens is 2. The molecule has 0 radical (unpaired) electrons. The van der Waals surface area contributed by atoms with Crippen LogP contribution in [0.1, 0.15) is 42.4 Å². The Morgan fingerprint density at radius 1 is 0.978 bits per heavy atom. The van der Waals surface area contributed by atoms with Crippen molar-refractivity contribution in [2.24, 2.45) is 0 Å². The molecule has 0 spiro atoms. The summed E-state index contributed by atoms with van der Waals surface area (Å²) in [6.07, 6.45) is 6.51. The van der Waals surface area contributed by atoms with Crippen molar-refractivity contribution in [2.45, 2.75) is 44.7 Å². The van der Waals surface area contributed by atoms with Crippen molar-refractivity contribution in [3.05, 3.63) is 95.8 Å². The number of amides is 2. The predicted octanol–water partition coefficient (Wildman–Crippen LogP) is 5.32. The Morgan fingerprint density at radius 3 is 2.51 bits per heavy atom. The van der Waals surface area contributed by atoms with E-state index in [1.807, 2.05) is 60.8 Å². The number of fused-ring (bicyclic) bond motifs is 2. The average Bonchev–Trinajstić information content (AvgIpc) is 3.65. The van der Waals surface area contributed by atoms with Gasteiger partial charge in [0.25, 0.3) is 0 Å². The molecule has 9 nitrogen and oxygen atoms in total. The van der Waals surface area contributed by atoms with Gasteiger partial charge in [-0.15, -0.1) is 0 Å². The van der Waals surface area contributed by atoms with Gasteiger partial charge in [-0.25, -0.2) is 0 Å². The zero-order valence-corrected chi connectivity index (χ0v) is 25.9. The third-order valence-corrected chi connectivity index (χ3v) is 9.04. The van der Waals surface area contributed by atoms with Crippen molar-refractivity contribution in [1.82, 2.24) is 25.1 Å². The summed E-state index contributed by atoms with van der Waals surface area (Å²) in [4.78, 5) is 37.1. The number of ether oxygens (including phenoxy) is 1. The minimum absolute atomic E-state index is 0.0453. The second kappa shape index (κ2) is 13.5. The van der Waals surface area contributed by atoms with Gasteiger partial charge in [0.15, 0.2) is 0 Å². The van der Waals surface area contributed by atoms with E-state index in [0.717, 1.165) is 64.6 Å². The van der Waals surface area contributed by atoms with Crippen LogP contribution < -0.4 is 10.1 Å². The van der Waals surface area contributed by atoms with Gasteiger partial charge in [0, 0.05) is 59.8 Å². The molecule has 6 rings (SSSR count). The van der Waals surface area contributed by atoms with E-state index in [1.165, 1.54) is 5.56 Å². The van der Waals surface area contributed by atoms with E-state index < -0.39 is 0 Å². The second-order valence-corrected chi connectivity index (χ2v) is 12.1. The molecular formula is C36H41N5O4. The number of phenols is 1. The fourth-order valence-electron chi connectivity index (χ4n) is 6.68. The maximum Gasteiger partial charge on any atom is 0.234 e. The highest BCUT2D eigenvalue weighted by Crippen LogP contribution is 2.34. The molecule has 2 aromatic heterocycles. The predicted molar refractivity (Wildman–Crippen MR) is 176 cm³/mol. The lowest BCUT2D eigenvalue weighted by Gasteiger charge is -2.32. The highest BCUT2D eigenvalue weighted by atomic mass is 16.5. The van der Waals surface area contributed by atoms with Crippen LogP contribution in [0.2, 0.25) is 0 Å². The van der Waals surface area contributed by atoms with Gasteiger partial charge >= 0.3 is 0 Å². The normalized spacial score (nSPS) is 14.9. The molecule has 1 aliphatic heterocycles. The van der Waals surface area contributed by atoms with Gasteiger partial charge in [0.2, 0.25) is 11.8 Å². The minimum Gasteiger partial charge on any atom is -0.508 e. The summed E-state index contributed by atoms with van der Waals surface area (Å²) in [6.45, 7) is 4.25. The SMILES string of the molecule is COc1ccccc1CN(CC(Cc1c[nH]c2ccccc12)NC(=O)CN1CCC(c2c[nH]c3ccc(O)cc23)CC1)C(C)=O. The first-order valence-electron chi connectivity index (χ1n) is 15.6. The quantitative estimate of drug-likeness (QED) is 0.162. The number of benzene rings is 3. The summed E-state index contributed by atoms with van der Waals surface area (Å²) in [7, 11) is 1.63. The standard InChI is InChI=1S/C36H41N5O4/c1-24(42)41(21-26-7-3-6-10-35(26)45-2)22-28(17-27-19-37-33-9-5-4-8-30(27)33)39-36(44)23-40-15-13-25(14-16-40)32-20-38-34-12-11-29(43)18-31(32)34/h3-12,18-20,25,28,37-38,43H,13-17,21-23H2,1-2H3,(H,39,44). The number of H-pyrrole nitrogens is 2. The van der Waals surface area contributed by atoms with Gasteiger partial charge in [0.1, 0.15) is 11.5 Å². The van der Waals surface area contributed by atoms with E-state index in [9.17, 15) is 14.7 Å². The largest absolute Gasteiger partial charge is 0.508 e. The number of aromatic hydroxyl groups is 1. The number of likely N-dealkylation sites (tertiary alicyclic amines) is 1. The van der Waals surface area contributed by atoms with Gasteiger partial charge < -0.3 is 30.0 Å². The molecule has 2 amide bonds. The molecule has 0 aliphatic carbocycles. The Kier molecular flexibility index (Phi) is 9.07. The lowest BCUT2D eigenvalue weighted by atomic mass is 9.89. The van der Waals surface area contributed by atoms with Crippen molar-refractivity contribution < 1.29 is 19.4 Å². The van der Waals surface area contributed by atoms with E-state index in [2.05, 4.69) is 32.4 Å². The van der Waals surface area contributed by atoms with Gasteiger partial charge in [-0.1, -0.05) is 36.4 Å². The lowest BCUT2D eigenvalue weighted by molar-refractivity contribution is -0.131. The number of methoxy groups -OCH3 is 1. The van der Waals surface area contributed by atoms with Crippen LogP contribution in [0.3, 0.4) is 0 Å². The Hall–Kier alpha value is -4.76. The first-order chi connectivity index (χ1) is 21.9. The molecule has 0 saturated carbocycles. The Balaban J connectivity index is 1.13. The average molecular weight is 608 g/mol. The van der Waals surface area contributed by atoms with Gasteiger partial charge in [0.05, 0.1) is 19.7 Å². The number of para-hydroxylation sites is 2. The van der Waals surface area contributed by atoms with Crippen LogP contribution in [0.4, 0.5) is 0 Å². The molecular weight excluding hydrogens is 566 g/mol. The monoisotopic (exact) mass is 607 g/mol. The maximum absolute atomic E-state index is 13.5. The lowest BCUT2D eigenvalue weighted by Crippen LogP contribution is -2.49. The third-order valence-electron chi connectivity index (χ3n) is 9.04. The van der Waals surface area contributed by atoms with Crippen molar-refractivity contribution in [3.63, 3.8) is 0 Å². The Bertz CT molecular complexity index is 1780. The van der Waals surface area contributed by atoms with Gasteiger partial charge in [-0.2, -0.15) is 0 Å². The molecule has 9 heteroatoms. The van der Waals surface area contributed by atoms with Crippen molar-refractivity contribution in [1.29, 1.82) is 0 Å². The molecule has 5 aromatic rings. The zero-order chi connectivity index (χ0) is 31.3. The molecule has 45 heavy (non-hydrogen) atoms. The number of carbonyl (C=O) groups excluding carboxylic acids is 2. The second-order valence-electron chi connectivity index (χ2n) is 12.1. The number of piperidine rings is 1. The fraction of sp³-hybridized carbons (Fsp3) is 0.333. The molecule has 3 heterocycles. The van der Waals surface area contributed by atoms with E-state index in [-0.39, 0.29) is 23.6 Å². The molecule has 1 aliphatic rings. The smallest absolute Gasteiger partial charge is 0.234 e. The molecule has 1 atom stereocenters. The van der Waals surface area contributed by atoms with Crippen LogP contribution in [0.15, 0.2) is 79.1 Å². The van der Waals surface area contributed by atoms with Crippen LogP contribution in [-0.4, -0.2) is 76.0 Å². The van der Waals surface area contributed by atoms with Crippen LogP contribution in [0, 0.1) is 0 Å². The van der Waals surface area contributed by atoms with Gasteiger partial charge in [-0.05, 0) is 79.7 Å². The van der Waals surface area contributed by atoms with Gasteiger partial charge in [-0.3, -0.25) is 14.5 Å². The number of hydrogen-bond donors (Lipinski definition) is 4. The van der Waals surface area contributed by atoms with E-state index >= 15 is 0 Å². The topological polar surface area (TPSA) is 114 Å². The highest BCUT2D eigenvalue weighted by molar-refractivity contribution is 5.85. The summed E-state index contributed by atoms with van der Waals surface area (Å²) in [5, 5.41) is 15.5. The number of phenolic OH excluding ortho intramolecular Hbond substituents is 1. The first kappa shape index (κ1) is 30.3. The zero-order valence-electron chi connectivity index (χ0n) is 25.9. The molecule has 1 fully saturated rings. The molecule has 1 saturated heterocycles. The fourth-order valence-corrected chi connectivity index (χ4v) is 6.68. The third kappa shape index (κ3) is 6.99. The summed E-state index contributed by atoms with van der Waals surface area (Å²) in [5.41, 5.74) is 5.31. The molecule has 4 N–H and O–H groups in total. The number of carbonyl (C=O) groups is 2. The molecule has 3 aromatic carbocycles. The summed E-state index contributed by atoms with van der Waals surface area (Å²) in [6, 6.07) is 21.0. The number of aromatic amines is 2. The van der Waals surface area contributed by atoms with Crippen molar-refractivity contribution >= 4 is 33.6 Å². The molecule has 1 unspecified atom stereocenters. The van der Waals surface area contributed by atoms with E-state index in [0.29, 0.717) is 32.0 Å². The number of nitrogens with zero attached hydrogens (tertiary/aromatic N) is 2. The van der Waals surface area contributed by atoms with Crippen LogP contribution in [0.5, 0.6) is 11.5 Å². The Labute approximate surface area is 263 Å². The van der Waals surface area contributed by atoms with E-state index in [4.69, 9.17) is 4.74 Å². The Morgan fingerprint density at radius 2 is 1.71 bits per heavy atom. The minimum atomic E-state index is -0.285. The molecule has 234 valence electrons. The first-order valence-corrected chi connectivity index (χ1v) is 15.6. The number of hydrogen-bond acceptors (Lipinski definition) is 5. The molecule has 0 bridgehead atoms. The summed E-state index contributed by atoms with van der Waals surface area (Å²) in [5.74, 6) is 1.26.